The number of hydrogen-bond donors (Lipinski definition) is 2. The van der Waals surface area contributed by atoms with Crippen LogP contribution in [0.5, 0.6) is 11.5 Å². The Labute approximate surface area is 171 Å². The lowest BCUT2D eigenvalue weighted by Crippen LogP contribution is -2.32. The average molecular weight is 413 g/mol. The van der Waals surface area contributed by atoms with Gasteiger partial charge in [-0.05, 0) is 35.9 Å². The normalized spacial score (nSPS) is 11.9. The maximum Gasteiger partial charge on any atom is 0.331 e. The SMILES string of the molecule is O=C(COC(=O)/C=C/c1ccc2c(c1)OCO2)NCCNc1ccc([N+](=O)[O-])cc1. The predicted octanol–water partition coefficient (Wildman–Crippen LogP) is 2.11. The fraction of sp³-hybridized carbons (Fsp3) is 0.200. The third-order valence-corrected chi connectivity index (χ3v) is 4.01. The van der Waals surface area contributed by atoms with Crippen LogP contribution in [0.2, 0.25) is 0 Å². The maximum atomic E-state index is 11.7. The number of carbonyl (C=O) groups is 2. The number of benzene rings is 2. The van der Waals surface area contributed by atoms with Crippen LogP contribution in [0.3, 0.4) is 0 Å². The second-order valence-electron chi connectivity index (χ2n) is 6.13. The molecule has 0 unspecified atom stereocenters. The highest BCUT2D eigenvalue weighted by molar-refractivity contribution is 5.89. The van der Waals surface area contributed by atoms with Crippen molar-refractivity contribution in [3.63, 3.8) is 0 Å². The monoisotopic (exact) mass is 413 g/mol. The molecule has 0 radical (unpaired) electrons. The minimum absolute atomic E-state index is 0.00300. The quantitative estimate of drug-likeness (QED) is 0.210. The number of non-ortho nitro benzene ring substituents is 1. The molecule has 30 heavy (non-hydrogen) atoms. The Hall–Kier alpha value is -4.08. The molecule has 2 N–H and O–H groups in total. The standard InChI is InChI=1S/C20H19N3O7/c24-19(22-10-9-21-15-3-5-16(6-4-15)23(26)27)12-28-20(25)8-2-14-1-7-17-18(11-14)30-13-29-17/h1-8,11,21H,9-10,12-13H2,(H,22,24)/b8-2+. The number of esters is 1. The van der Waals surface area contributed by atoms with E-state index in [1.54, 1.807) is 36.4 Å². The van der Waals surface area contributed by atoms with E-state index in [2.05, 4.69) is 10.6 Å². The molecule has 0 spiro atoms. The van der Waals surface area contributed by atoms with E-state index in [-0.39, 0.29) is 12.5 Å². The first-order valence-electron chi connectivity index (χ1n) is 9.01. The summed E-state index contributed by atoms with van der Waals surface area (Å²) in [4.78, 5) is 33.6. The molecular weight excluding hydrogens is 394 g/mol. The summed E-state index contributed by atoms with van der Waals surface area (Å²) >= 11 is 0. The lowest BCUT2D eigenvalue weighted by Gasteiger charge is -2.08. The van der Waals surface area contributed by atoms with Gasteiger partial charge in [-0.2, -0.15) is 0 Å². The highest BCUT2D eigenvalue weighted by atomic mass is 16.7. The number of hydrogen-bond acceptors (Lipinski definition) is 8. The van der Waals surface area contributed by atoms with Gasteiger partial charge in [-0.25, -0.2) is 4.79 Å². The van der Waals surface area contributed by atoms with Crippen LogP contribution in [0.25, 0.3) is 6.08 Å². The number of ether oxygens (including phenoxy) is 3. The van der Waals surface area contributed by atoms with Crippen LogP contribution in [0.4, 0.5) is 11.4 Å². The molecule has 0 saturated heterocycles. The van der Waals surface area contributed by atoms with Crippen molar-refractivity contribution in [1.82, 2.24) is 5.32 Å². The summed E-state index contributed by atoms with van der Waals surface area (Å²) in [6, 6.07) is 11.2. The minimum Gasteiger partial charge on any atom is -0.454 e. The number of rotatable bonds is 9. The van der Waals surface area contributed by atoms with Crippen LogP contribution in [0.15, 0.2) is 48.5 Å². The van der Waals surface area contributed by atoms with E-state index < -0.39 is 23.4 Å². The molecular formula is C20H19N3O7. The van der Waals surface area contributed by atoms with E-state index in [4.69, 9.17) is 14.2 Å². The van der Waals surface area contributed by atoms with Crippen LogP contribution in [0.1, 0.15) is 5.56 Å². The fourth-order valence-corrected chi connectivity index (χ4v) is 2.53. The summed E-state index contributed by atoms with van der Waals surface area (Å²) in [6.07, 6.45) is 2.78. The average Bonchev–Trinajstić information content (AvgIpc) is 3.22. The number of fused-ring (bicyclic) bond motifs is 1. The predicted molar refractivity (Wildman–Crippen MR) is 107 cm³/mol. The van der Waals surface area contributed by atoms with Gasteiger partial charge in [0.05, 0.1) is 4.92 Å². The van der Waals surface area contributed by atoms with E-state index in [1.165, 1.54) is 18.2 Å². The van der Waals surface area contributed by atoms with Crippen LogP contribution >= 0.6 is 0 Å². The van der Waals surface area contributed by atoms with Crippen LogP contribution in [-0.4, -0.2) is 43.3 Å². The number of nitro groups is 1. The van der Waals surface area contributed by atoms with Gasteiger partial charge in [-0.15, -0.1) is 0 Å². The molecule has 2 aromatic carbocycles. The number of nitrogens with zero attached hydrogens (tertiary/aromatic N) is 1. The van der Waals surface area contributed by atoms with Crippen LogP contribution in [0, 0.1) is 10.1 Å². The van der Waals surface area contributed by atoms with Gasteiger partial charge in [0, 0.05) is 37.0 Å². The van der Waals surface area contributed by atoms with Crippen molar-refractivity contribution >= 4 is 29.3 Å². The van der Waals surface area contributed by atoms with Crippen molar-refractivity contribution < 1.29 is 28.7 Å². The second-order valence-corrected chi connectivity index (χ2v) is 6.13. The first kappa shape index (κ1) is 20.6. The third-order valence-electron chi connectivity index (χ3n) is 4.01. The fourth-order valence-electron chi connectivity index (χ4n) is 2.53. The molecule has 156 valence electrons. The summed E-state index contributed by atoms with van der Waals surface area (Å²) in [6.45, 7) is 0.465. The largest absolute Gasteiger partial charge is 0.454 e. The molecule has 0 bridgehead atoms. The Balaban J connectivity index is 1.32. The molecule has 1 amide bonds. The molecule has 0 aliphatic carbocycles. The number of carbonyl (C=O) groups excluding carboxylic acids is 2. The molecule has 1 aliphatic rings. The minimum atomic E-state index is -0.646. The van der Waals surface area contributed by atoms with Crippen LogP contribution < -0.4 is 20.1 Å². The zero-order chi connectivity index (χ0) is 21.3. The van der Waals surface area contributed by atoms with E-state index in [0.717, 1.165) is 5.56 Å². The molecule has 10 nitrogen and oxygen atoms in total. The zero-order valence-electron chi connectivity index (χ0n) is 15.8. The van der Waals surface area contributed by atoms with Gasteiger partial charge < -0.3 is 24.8 Å². The highest BCUT2D eigenvalue weighted by Crippen LogP contribution is 2.32. The Morgan fingerprint density at radius 2 is 1.87 bits per heavy atom. The van der Waals surface area contributed by atoms with Gasteiger partial charge in [-0.1, -0.05) is 6.07 Å². The molecule has 0 saturated carbocycles. The molecule has 1 heterocycles. The molecule has 2 aromatic rings. The Morgan fingerprint density at radius 3 is 2.63 bits per heavy atom. The smallest absolute Gasteiger partial charge is 0.331 e. The molecule has 0 aromatic heterocycles. The van der Waals surface area contributed by atoms with E-state index >= 15 is 0 Å². The lowest BCUT2D eigenvalue weighted by molar-refractivity contribution is -0.384. The van der Waals surface area contributed by atoms with Crippen molar-refractivity contribution in [3.8, 4) is 11.5 Å². The van der Waals surface area contributed by atoms with E-state index in [1.807, 2.05) is 0 Å². The lowest BCUT2D eigenvalue weighted by atomic mass is 10.2. The summed E-state index contributed by atoms with van der Waals surface area (Å²) < 4.78 is 15.4. The summed E-state index contributed by atoms with van der Waals surface area (Å²) in [5.74, 6) is 0.166. The van der Waals surface area contributed by atoms with Crippen LogP contribution in [-0.2, 0) is 14.3 Å². The molecule has 10 heteroatoms. The van der Waals surface area contributed by atoms with Gasteiger partial charge in [0.2, 0.25) is 6.79 Å². The number of anilines is 1. The molecule has 3 rings (SSSR count). The number of amides is 1. The summed E-state index contributed by atoms with van der Waals surface area (Å²) in [5, 5.41) is 16.2. The first-order valence-corrected chi connectivity index (χ1v) is 9.01. The van der Waals surface area contributed by atoms with Gasteiger partial charge in [-0.3, -0.25) is 14.9 Å². The zero-order valence-corrected chi connectivity index (χ0v) is 15.8. The van der Waals surface area contributed by atoms with E-state index in [9.17, 15) is 19.7 Å². The maximum absolute atomic E-state index is 11.7. The Kier molecular flexibility index (Phi) is 6.83. The number of nitro benzene ring substituents is 1. The molecule has 0 atom stereocenters. The Morgan fingerprint density at radius 1 is 1.10 bits per heavy atom. The highest BCUT2D eigenvalue weighted by Gasteiger charge is 2.12. The van der Waals surface area contributed by atoms with Crippen molar-refractivity contribution in [3.05, 3.63) is 64.2 Å². The van der Waals surface area contributed by atoms with Gasteiger partial charge >= 0.3 is 5.97 Å². The van der Waals surface area contributed by atoms with Crippen molar-refractivity contribution in [2.24, 2.45) is 0 Å². The first-order chi connectivity index (χ1) is 14.5. The number of nitrogens with one attached hydrogen (secondary N) is 2. The van der Waals surface area contributed by atoms with E-state index in [0.29, 0.717) is 30.3 Å². The van der Waals surface area contributed by atoms with Gasteiger partial charge in [0.15, 0.2) is 18.1 Å². The van der Waals surface area contributed by atoms with Crippen molar-refractivity contribution in [1.29, 1.82) is 0 Å². The molecule has 0 fully saturated rings. The topological polar surface area (TPSA) is 129 Å². The summed E-state index contributed by atoms with van der Waals surface area (Å²) in [5.41, 5.74) is 1.43. The third kappa shape index (κ3) is 5.96. The summed E-state index contributed by atoms with van der Waals surface area (Å²) in [7, 11) is 0. The Bertz CT molecular complexity index is 957. The van der Waals surface area contributed by atoms with Crippen molar-refractivity contribution in [2.45, 2.75) is 0 Å². The molecule has 1 aliphatic heterocycles. The van der Waals surface area contributed by atoms with Gasteiger partial charge in [0.1, 0.15) is 0 Å². The van der Waals surface area contributed by atoms with Gasteiger partial charge in [0.25, 0.3) is 11.6 Å². The van der Waals surface area contributed by atoms with Crippen molar-refractivity contribution in [2.75, 3.05) is 31.8 Å². The second kappa shape index (κ2) is 9.92.